The number of likely N-dealkylation sites (N-methyl/N-ethyl adjacent to an activating group) is 1. The smallest absolute Gasteiger partial charge is 0.245 e. The number of likely N-dealkylation sites (tertiary alicyclic amines) is 1. The zero-order valence-electron chi connectivity index (χ0n) is 16.6. The van der Waals surface area contributed by atoms with Crippen LogP contribution in [0.15, 0.2) is 24.3 Å². The molecule has 2 atom stereocenters. The summed E-state index contributed by atoms with van der Waals surface area (Å²) < 4.78 is 0. The number of piperidine rings is 1. The summed E-state index contributed by atoms with van der Waals surface area (Å²) in [6, 6.07) is 8.17. The van der Waals surface area contributed by atoms with Crippen molar-refractivity contribution in [2.24, 2.45) is 5.92 Å². The lowest BCUT2D eigenvalue weighted by Gasteiger charge is -2.41. The van der Waals surface area contributed by atoms with Crippen LogP contribution in [0.2, 0.25) is 0 Å². The van der Waals surface area contributed by atoms with Gasteiger partial charge in [-0.2, -0.15) is 0 Å². The van der Waals surface area contributed by atoms with Gasteiger partial charge in [-0.3, -0.25) is 9.59 Å². The Morgan fingerprint density at radius 3 is 2.59 bits per heavy atom. The fraction of sp³-hybridized carbons (Fsp3) is 0.619. The Morgan fingerprint density at radius 2 is 1.93 bits per heavy atom. The van der Waals surface area contributed by atoms with E-state index < -0.39 is 0 Å². The summed E-state index contributed by atoms with van der Waals surface area (Å²) in [5.74, 6) is 0.491. The molecule has 0 saturated carbocycles. The molecule has 2 unspecified atom stereocenters. The molecule has 0 spiro atoms. The Labute approximate surface area is 168 Å². The Kier molecular flexibility index (Phi) is 7.68. The highest BCUT2D eigenvalue weighted by molar-refractivity contribution is 5.88. The molecule has 27 heavy (non-hydrogen) atoms. The van der Waals surface area contributed by atoms with Gasteiger partial charge in [-0.15, -0.1) is 12.4 Å². The van der Waals surface area contributed by atoms with Crippen LogP contribution in [-0.2, 0) is 22.6 Å². The molecule has 2 aliphatic heterocycles. The van der Waals surface area contributed by atoms with Crippen LogP contribution < -0.4 is 5.32 Å². The van der Waals surface area contributed by atoms with Crippen molar-refractivity contribution in [3.8, 4) is 0 Å². The summed E-state index contributed by atoms with van der Waals surface area (Å²) in [5, 5.41) is 3.29. The van der Waals surface area contributed by atoms with Gasteiger partial charge < -0.3 is 15.1 Å². The Balaban J connectivity index is 0.00000261. The van der Waals surface area contributed by atoms with Gasteiger partial charge in [0.2, 0.25) is 11.8 Å². The van der Waals surface area contributed by atoms with E-state index in [0.717, 1.165) is 25.9 Å². The first-order valence-corrected chi connectivity index (χ1v) is 9.82. The predicted octanol–water partition coefficient (Wildman–Crippen LogP) is 2.62. The van der Waals surface area contributed by atoms with E-state index in [1.807, 2.05) is 29.0 Å². The van der Waals surface area contributed by atoms with Crippen LogP contribution in [0.5, 0.6) is 0 Å². The molecule has 1 N–H and O–H groups in total. The number of benzene rings is 1. The second-order valence-electron chi connectivity index (χ2n) is 8.02. The maximum absolute atomic E-state index is 13.3. The van der Waals surface area contributed by atoms with Crippen molar-refractivity contribution >= 4 is 24.2 Å². The number of rotatable bonds is 4. The van der Waals surface area contributed by atoms with Crippen molar-refractivity contribution < 1.29 is 9.59 Å². The van der Waals surface area contributed by atoms with Crippen molar-refractivity contribution in [1.29, 1.82) is 0 Å². The van der Waals surface area contributed by atoms with E-state index in [2.05, 4.69) is 31.3 Å². The predicted molar refractivity (Wildman–Crippen MR) is 110 cm³/mol. The van der Waals surface area contributed by atoms with Gasteiger partial charge in [0.1, 0.15) is 6.04 Å². The molecule has 1 saturated heterocycles. The van der Waals surface area contributed by atoms with Crippen LogP contribution >= 0.6 is 12.4 Å². The van der Waals surface area contributed by atoms with Crippen LogP contribution in [0.1, 0.15) is 44.2 Å². The molecule has 1 aromatic rings. The first-order valence-electron chi connectivity index (χ1n) is 9.82. The minimum absolute atomic E-state index is 0. The third-order valence-corrected chi connectivity index (χ3v) is 5.58. The first-order chi connectivity index (χ1) is 12.5. The minimum atomic E-state index is -0.369. The van der Waals surface area contributed by atoms with E-state index in [9.17, 15) is 9.59 Å². The number of nitrogens with zero attached hydrogens (tertiary/aromatic N) is 2. The number of halogens is 1. The molecule has 0 bridgehead atoms. The van der Waals surface area contributed by atoms with Crippen LogP contribution in [0.3, 0.4) is 0 Å². The van der Waals surface area contributed by atoms with E-state index in [0.29, 0.717) is 31.3 Å². The maximum atomic E-state index is 13.3. The number of nitrogens with one attached hydrogen (secondary N) is 1. The van der Waals surface area contributed by atoms with Gasteiger partial charge in [-0.05, 0) is 36.9 Å². The number of fused-ring (bicyclic) bond motifs is 1. The number of hydrogen-bond donors (Lipinski definition) is 1. The summed E-state index contributed by atoms with van der Waals surface area (Å²) in [6.45, 7) is 6.17. The van der Waals surface area contributed by atoms with Crippen LogP contribution in [0, 0.1) is 5.92 Å². The number of carbonyl (C=O) groups is 2. The van der Waals surface area contributed by atoms with Gasteiger partial charge in [-0.25, -0.2) is 0 Å². The highest BCUT2D eigenvalue weighted by Gasteiger charge is 2.37. The Bertz CT molecular complexity index is 665. The molecule has 0 aliphatic carbocycles. The normalized spacial score (nSPS) is 22.2. The summed E-state index contributed by atoms with van der Waals surface area (Å²) in [6.07, 6.45) is 3.23. The maximum Gasteiger partial charge on any atom is 0.245 e. The molecule has 1 aromatic carbocycles. The fourth-order valence-electron chi connectivity index (χ4n) is 4.10. The number of hydrogen-bond acceptors (Lipinski definition) is 3. The number of amides is 2. The molecular weight excluding hydrogens is 362 g/mol. The van der Waals surface area contributed by atoms with Crippen molar-refractivity contribution in [2.75, 3.05) is 20.1 Å². The van der Waals surface area contributed by atoms with E-state index >= 15 is 0 Å². The van der Waals surface area contributed by atoms with Gasteiger partial charge in [0.25, 0.3) is 0 Å². The average molecular weight is 394 g/mol. The Morgan fingerprint density at radius 1 is 1.22 bits per heavy atom. The third kappa shape index (κ3) is 5.02. The molecule has 6 heteroatoms. The van der Waals surface area contributed by atoms with E-state index in [1.165, 1.54) is 11.1 Å². The standard InChI is InChI=1S/C21H31N3O2.ClH/c1-15(2)11-20(25)24-13-17-8-5-4-7-16(17)12-19(24)21(26)23-10-6-9-18(14-23)22-3;/h4-5,7-8,15,18-19,22H,6,9-14H2,1-3H3;1H. The summed E-state index contributed by atoms with van der Waals surface area (Å²) in [7, 11) is 1.95. The molecular formula is C21H32ClN3O2. The highest BCUT2D eigenvalue weighted by Crippen LogP contribution is 2.26. The van der Waals surface area contributed by atoms with E-state index in [4.69, 9.17) is 0 Å². The zero-order chi connectivity index (χ0) is 18.7. The molecule has 2 heterocycles. The monoisotopic (exact) mass is 393 g/mol. The molecule has 150 valence electrons. The first kappa shape index (κ1) is 21.7. The molecule has 0 radical (unpaired) electrons. The zero-order valence-corrected chi connectivity index (χ0v) is 17.4. The van der Waals surface area contributed by atoms with Gasteiger partial charge in [0.05, 0.1) is 0 Å². The van der Waals surface area contributed by atoms with Crippen LogP contribution in [0.25, 0.3) is 0 Å². The SMILES string of the molecule is CNC1CCCN(C(=O)C2Cc3ccccc3CN2C(=O)CC(C)C)C1.Cl. The average Bonchev–Trinajstić information content (AvgIpc) is 2.65. The quantitative estimate of drug-likeness (QED) is 0.855. The minimum Gasteiger partial charge on any atom is -0.339 e. The van der Waals surface area contributed by atoms with E-state index in [-0.39, 0.29) is 30.3 Å². The topological polar surface area (TPSA) is 52.7 Å². The molecule has 1 fully saturated rings. The van der Waals surface area contributed by atoms with Crippen LogP contribution in [0.4, 0.5) is 0 Å². The van der Waals surface area contributed by atoms with Crippen molar-refractivity contribution in [3.05, 3.63) is 35.4 Å². The van der Waals surface area contributed by atoms with Gasteiger partial charge >= 0.3 is 0 Å². The molecule has 0 aromatic heterocycles. The van der Waals surface area contributed by atoms with Crippen LogP contribution in [-0.4, -0.2) is 53.8 Å². The largest absolute Gasteiger partial charge is 0.339 e. The molecule has 2 aliphatic rings. The Hall–Kier alpha value is -1.59. The second kappa shape index (κ2) is 9.56. The van der Waals surface area contributed by atoms with Gasteiger partial charge in [0.15, 0.2) is 0 Å². The number of carbonyl (C=O) groups excluding carboxylic acids is 2. The molecule has 5 nitrogen and oxygen atoms in total. The van der Waals surface area contributed by atoms with E-state index in [1.54, 1.807) is 0 Å². The molecule has 3 rings (SSSR count). The summed E-state index contributed by atoms with van der Waals surface area (Å²) in [4.78, 5) is 30.0. The van der Waals surface area contributed by atoms with Gasteiger partial charge in [-0.1, -0.05) is 38.1 Å². The fourth-order valence-corrected chi connectivity index (χ4v) is 4.10. The third-order valence-electron chi connectivity index (χ3n) is 5.58. The van der Waals surface area contributed by atoms with Gasteiger partial charge in [0, 0.05) is 38.5 Å². The van der Waals surface area contributed by atoms with Crippen molar-refractivity contribution in [1.82, 2.24) is 15.1 Å². The second-order valence-corrected chi connectivity index (χ2v) is 8.02. The lowest BCUT2D eigenvalue weighted by Crippen LogP contribution is -2.57. The van der Waals surface area contributed by atoms with Crippen molar-refractivity contribution in [3.63, 3.8) is 0 Å². The highest BCUT2D eigenvalue weighted by atomic mass is 35.5. The lowest BCUT2D eigenvalue weighted by atomic mass is 9.91. The van der Waals surface area contributed by atoms with Crippen molar-refractivity contribution in [2.45, 2.75) is 58.2 Å². The lowest BCUT2D eigenvalue weighted by molar-refractivity contribution is -0.148. The summed E-state index contributed by atoms with van der Waals surface area (Å²) >= 11 is 0. The summed E-state index contributed by atoms with van der Waals surface area (Å²) in [5.41, 5.74) is 2.36. The molecule has 2 amide bonds.